The van der Waals surface area contributed by atoms with Gasteiger partial charge in [-0.3, -0.25) is 9.69 Å². The fourth-order valence-electron chi connectivity index (χ4n) is 3.83. The Morgan fingerprint density at radius 3 is 2.45 bits per heavy atom. The molecule has 1 aliphatic rings. The Hall–Kier alpha value is -3.10. The molecule has 1 saturated heterocycles. The van der Waals surface area contributed by atoms with Gasteiger partial charge in [-0.25, -0.2) is 0 Å². The molecule has 3 aromatic rings. The maximum atomic E-state index is 13.6. The van der Waals surface area contributed by atoms with Crippen LogP contribution in [0.4, 0.5) is 5.69 Å². The molecule has 0 aliphatic carbocycles. The van der Waals surface area contributed by atoms with Crippen LogP contribution in [0.25, 0.3) is 0 Å². The van der Waals surface area contributed by atoms with Gasteiger partial charge in [-0.05, 0) is 54.5 Å². The van der Waals surface area contributed by atoms with Gasteiger partial charge in [-0.1, -0.05) is 29.7 Å². The van der Waals surface area contributed by atoms with Crippen LogP contribution in [0.15, 0.2) is 53.1 Å². The molecule has 0 bridgehead atoms. The first-order chi connectivity index (χ1) is 15.9. The number of methoxy groups -OCH3 is 2. The van der Waals surface area contributed by atoms with E-state index < -0.39 is 6.04 Å². The molecule has 0 N–H and O–H groups in total. The average Bonchev–Trinajstić information content (AvgIpc) is 3.36. The fraction of sp³-hybridized carbons (Fsp3) is 0.292. The van der Waals surface area contributed by atoms with E-state index in [-0.39, 0.29) is 5.91 Å². The van der Waals surface area contributed by atoms with Gasteiger partial charge >= 0.3 is 0 Å². The normalized spacial score (nSPS) is 15.9. The molecular weight excluding hydrogens is 462 g/mol. The molecule has 1 fully saturated rings. The molecule has 2 aromatic carbocycles. The monoisotopic (exact) mass is 485 g/mol. The zero-order valence-electron chi connectivity index (χ0n) is 18.6. The minimum Gasteiger partial charge on any atom is -0.497 e. The summed E-state index contributed by atoms with van der Waals surface area (Å²) in [6.07, 6.45) is 1.09. The highest BCUT2D eigenvalue weighted by atomic mass is 35.5. The van der Waals surface area contributed by atoms with Crippen molar-refractivity contribution in [3.05, 3.63) is 70.6 Å². The molecule has 1 aliphatic heterocycles. The standard InChI is InChI=1S/C24H24ClN3O4S/c1-4-17-11-21(32-26-17)13-22-23(29)28(18-7-5-6-16(25)10-18)24(33)27(22)14-15-8-19(30-2)12-20(9-15)31-3/h5-12,22H,4,13-14H2,1-3H3. The quantitative estimate of drug-likeness (QED) is 0.430. The van der Waals surface area contributed by atoms with Crippen molar-refractivity contribution in [2.75, 3.05) is 19.1 Å². The summed E-state index contributed by atoms with van der Waals surface area (Å²) in [7, 11) is 3.20. The van der Waals surface area contributed by atoms with E-state index >= 15 is 0 Å². The van der Waals surface area contributed by atoms with Crippen LogP contribution >= 0.6 is 23.8 Å². The average molecular weight is 486 g/mol. The third-order valence-corrected chi connectivity index (χ3v) is 6.17. The molecule has 1 atom stereocenters. The summed E-state index contributed by atoms with van der Waals surface area (Å²) < 4.78 is 16.3. The SMILES string of the molecule is CCc1cc(CC2C(=O)N(c3cccc(Cl)c3)C(=S)N2Cc2cc(OC)cc(OC)c2)on1. The zero-order chi connectivity index (χ0) is 23.5. The molecule has 172 valence electrons. The van der Waals surface area contributed by atoms with E-state index in [0.717, 1.165) is 17.7 Å². The predicted octanol–water partition coefficient (Wildman–Crippen LogP) is 4.65. The topological polar surface area (TPSA) is 68.0 Å². The molecule has 4 rings (SSSR count). The number of rotatable bonds is 8. The Morgan fingerprint density at radius 2 is 1.85 bits per heavy atom. The van der Waals surface area contributed by atoms with E-state index in [1.807, 2.05) is 36.1 Å². The van der Waals surface area contributed by atoms with E-state index in [2.05, 4.69) is 5.16 Å². The molecule has 0 saturated carbocycles. The van der Waals surface area contributed by atoms with Crippen LogP contribution in [-0.4, -0.2) is 41.3 Å². The molecule has 33 heavy (non-hydrogen) atoms. The molecule has 1 amide bonds. The molecule has 7 nitrogen and oxygen atoms in total. The number of benzene rings is 2. The van der Waals surface area contributed by atoms with Crippen molar-refractivity contribution in [1.82, 2.24) is 10.1 Å². The summed E-state index contributed by atoms with van der Waals surface area (Å²) in [5.74, 6) is 1.81. The Kier molecular flexibility index (Phi) is 6.85. The van der Waals surface area contributed by atoms with Gasteiger partial charge in [-0.2, -0.15) is 0 Å². The minimum absolute atomic E-state index is 0.147. The molecule has 0 spiro atoms. The van der Waals surface area contributed by atoms with Gasteiger partial charge in [0.1, 0.15) is 23.3 Å². The Balaban J connectivity index is 1.70. The highest BCUT2D eigenvalue weighted by Crippen LogP contribution is 2.32. The van der Waals surface area contributed by atoms with Crippen molar-refractivity contribution in [2.45, 2.75) is 32.4 Å². The molecule has 9 heteroatoms. The van der Waals surface area contributed by atoms with Gasteiger partial charge in [0.05, 0.1) is 25.6 Å². The number of anilines is 1. The smallest absolute Gasteiger partial charge is 0.256 e. The lowest BCUT2D eigenvalue weighted by atomic mass is 10.1. The summed E-state index contributed by atoms with van der Waals surface area (Å²) >= 11 is 12.0. The minimum atomic E-state index is -0.564. The van der Waals surface area contributed by atoms with E-state index in [1.165, 1.54) is 4.90 Å². The third-order valence-electron chi connectivity index (χ3n) is 5.51. The van der Waals surface area contributed by atoms with E-state index in [4.69, 9.17) is 37.8 Å². The first-order valence-electron chi connectivity index (χ1n) is 10.5. The van der Waals surface area contributed by atoms with Crippen molar-refractivity contribution in [1.29, 1.82) is 0 Å². The number of carbonyl (C=O) groups is 1. The van der Waals surface area contributed by atoms with Crippen molar-refractivity contribution >= 4 is 40.5 Å². The van der Waals surface area contributed by atoms with Gasteiger partial charge in [0.2, 0.25) is 0 Å². The van der Waals surface area contributed by atoms with E-state index in [0.29, 0.717) is 46.0 Å². The predicted molar refractivity (Wildman–Crippen MR) is 130 cm³/mol. The van der Waals surface area contributed by atoms with Crippen LogP contribution < -0.4 is 14.4 Å². The van der Waals surface area contributed by atoms with Crippen LogP contribution in [0.5, 0.6) is 11.5 Å². The lowest BCUT2D eigenvalue weighted by Crippen LogP contribution is -2.36. The van der Waals surface area contributed by atoms with Gasteiger partial charge < -0.3 is 18.9 Å². The van der Waals surface area contributed by atoms with Crippen molar-refractivity contribution in [3.63, 3.8) is 0 Å². The Morgan fingerprint density at radius 1 is 1.12 bits per heavy atom. The number of aromatic nitrogens is 1. The summed E-state index contributed by atoms with van der Waals surface area (Å²) in [6.45, 7) is 2.38. The zero-order valence-corrected chi connectivity index (χ0v) is 20.2. The number of nitrogens with zero attached hydrogens (tertiary/aromatic N) is 3. The second-order valence-electron chi connectivity index (χ2n) is 7.64. The van der Waals surface area contributed by atoms with Crippen LogP contribution in [0.1, 0.15) is 23.9 Å². The first-order valence-corrected chi connectivity index (χ1v) is 11.3. The second-order valence-corrected chi connectivity index (χ2v) is 8.44. The van der Waals surface area contributed by atoms with Crippen LogP contribution in [-0.2, 0) is 24.2 Å². The van der Waals surface area contributed by atoms with Crippen LogP contribution in [0.3, 0.4) is 0 Å². The number of aryl methyl sites for hydroxylation is 1. The number of hydrogen-bond acceptors (Lipinski definition) is 6. The van der Waals surface area contributed by atoms with E-state index in [1.54, 1.807) is 38.5 Å². The van der Waals surface area contributed by atoms with Crippen LogP contribution in [0.2, 0.25) is 5.02 Å². The highest BCUT2D eigenvalue weighted by molar-refractivity contribution is 7.80. The van der Waals surface area contributed by atoms with Gasteiger partial charge in [0, 0.05) is 30.1 Å². The second kappa shape index (κ2) is 9.80. The number of carbonyl (C=O) groups excluding carboxylic acids is 1. The van der Waals surface area contributed by atoms with Gasteiger partial charge in [-0.15, -0.1) is 0 Å². The lowest BCUT2D eigenvalue weighted by Gasteiger charge is -2.24. The van der Waals surface area contributed by atoms with Crippen molar-refractivity contribution < 1.29 is 18.8 Å². The summed E-state index contributed by atoms with van der Waals surface area (Å²) in [5, 5.41) is 4.98. The summed E-state index contributed by atoms with van der Waals surface area (Å²) in [4.78, 5) is 17.0. The number of halogens is 1. The maximum Gasteiger partial charge on any atom is 0.256 e. The van der Waals surface area contributed by atoms with Gasteiger partial charge in [0.25, 0.3) is 5.91 Å². The summed E-state index contributed by atoms with van der Waals surface area (Å²) in [5.41, 5.74) is 2.36. The van der Waals surface area contributed by atoms with Crippen molar-refractivity contribution in [3.8, 4) is 11.5 Å². The van der Waals surface area contributed by atoms with E-state index in [9.17, 15) is 4.79 Å². The lowest BCUT2D eigenvalue weighted by molar-refractivity contribution is -0.119. The molecule has 2 heterocycles. The Labute approximate surface area is 202 Å². The number of ether oxygens (including phenoxy) is 2. The maximum absolute atomic E-state index is 13.6. The Bertz CT molecular complexity index is 1160. The molecule has 1 aromatic heterocycles. The number of amides is 1. The van der Waals surface area contributed by atoms with Gasteiger partial charge in [0.15, 0.2) is 5.11 Å². The largest absolute Gasteiger partial charge is 0.497 e. The van der Waals surface area contributed by atoms with Crippen molar-refractivity contribution in [2.24, 2.45) is 0 Å². The third kappa shape index (κ3) is 4.82. The molecule has 1 unspecified atom stereocenters. The molecular formula is C24H24ClN3O4S. The summed E-state index contributed by atoms with van der Waals surface area (Å²) in [6, 6.07) is 14.0. The fourth-order valence-corrected chi connectivity index (χ4v) is 4.40. The number of thiocarbonyl (C=S) groups is 1. The number of hydrogen-bond donors (Lipinski definition) is 0. The van der Waals surface area contributed by atoms with Crippen LogP contribution in [0, 0.1) is 0 Å². The first kappa shape index (κ1) is 23.1. The highest BCUT2D eigenvalue weighted by Gasteiger charge is 2.43. The molecule has 0 radical (unpaired) electrons.